The number of hydrogen-bond donors (Lipinski definition) is 3. The van der Waals surface area contributed by atoms with E-state index in [1.807, 2.05) is 6.07 Å². The predicted octanol–water partition coefficient (Wildman–Crippen LogP) is 3.71. The number of urea groups is 1. The van der Waals surface area contributed by atoms with Gasteiger partial charge in [0.15, 0.2) is 0 Å². The van der Waals surface area contributed by atoms with E-state index in [0.717, 1.165) is 3.57 Å². The molecule has 0 aliphatic heterocycles. The van der Waals surface area contributed by atoms with Crippen LogP contribution in [0.15, 0.2) is 18.2 Å². The van der Waals surface area contributed by atoms with Gasteiger partial charge in [-0.1, -0.05) is 11.6 Å². The molecule has 1 rings (SSSR count). The lowest BCUT2D eigenvalue weighted by Gasteiger charge is -2.25. The molecule has 0 radical (unpaired) electrons. The number of hydrogen-bond acceptors (Lipinski definition) is 2. The second kappa shape index (κ2) is 7.12. The number of amides is 2. The second-order valence-corrected chi connectivity index (χ2v) is 6.63. The monoisotopic (exact) mass is 410 g/mol. The van der Waals surface area contributed by atoms with E-state index < -0.39 is 17.5 Å². The Bertz CT molecular complexity index is 520. The predicted molar refractivity (Wildman–Crippen MR) is 87.3 cm³/mol. The Morgan fingerprint density at radius 3 is 2.60 bits per heavy atom. The summed E-state index contributed by atoms with van der Waals surface area (Å²) >= 11 is 8.15. The Hall–Kier alpha value is -1.02. The molecule has 0 heterocycles. The van der Waals surface area contributed by atoms with Crippen molar-refractivity contribution >= 4 is 51.9 Å². The summed E-state index contributed by atoms with van der Waals surface area (Å²) < 4.78 is 0.973. The molecular formula is C13H16ClIN2O3. The molecular weight excluding hydrogens is 395 g/mol. The van der Waals surface area contributed by atoms with Gasteiger partial charge in [0.05, 0.1) is 10.7 Å². The zero-order valence-electron chi connectivity index (χ0n) is 11.2. The van der Waals surface area contributed by atoms with Gasteiger partial charge in [-0.05, 0) is 61.1 Å². The molecule has 7 heteroatoms. The van der Waals surface area contributed by atoms with E-state index in [2.05, 4.69) is 33.2 Å². The molecule has 0 aliphatic carbocycles. The number of carboxylic acid groups (broad SMARTS) is 1. The largest absolute Gasteiger partial charge is 0.481 e. The summed E-state index contributed by atoms with van der Waals surface area (Å²) in [6.45, 7) is 3.54. The first-order chi connectivity index (χ1) is 9.19. The third-order valence-corrected chi connectivity index (χ3v) is 3.58. The summed E-state index contributed by atoms with van der Waals surface area (Å²) in [5, 5.41) is 14.5. The summed E-state index contributed by atoms with van der Waals surface area (Å²) in [4.78, 5) is 22.4. The average Bonchev–Trinajstić information content (AvgIpc) is 2.30. The van der Waals surface area contributed by atoms with Crippen LogP contribution in [0, 0.1) is 3.57 Å². The molecule has 0 aromatic heterocycles. The molecule has 0 spiro atoms. The molecule has 0 saturated heterocycles. The van der Waals surface area contributed by atoms with Crippen molar-refractivity contribution in [1.82, 2.24) is 5.32 Å². The summed E-state index contributed by atoms with van der Waals surface area (Å²) in [6, 6.07) is 4.88. The van der Waals surface area contributed by atoms with Crippen LogP contribution in [0.25, 0.3) is 0 Å². The SMILES string of the molecule is CC(C)(CCC(=O)O)NC(=O)Nc1ccc(I)cc1Cl. The van der Waals surface area contributed by atoms with Gasteiger partial charge in [0.1, 0.15) is 0 Å². The number of carboxylic acids is 1. The van der Waals surface area contributed by atoms with E-state index in [1.165, 1.54) is 0 Å². The molecule has 3 N–H and O–H groups in total. The van der Waals surface area contributed by atoms with Crippen LogP contribution >= 0.6 is 34.2 Å². The molecule has 1 aromatic rings. The minimum atomic E-state index is -0.888. The van der Waals surface area contributed by atoms with Crippen molar-refractivity contribution in [1.29, 1.82) is 0 Å². The van der Waals surface area contributed by atoms with E-state index in [4.69, 9.17) is 16.7 Å². The third-order valence-electron chi connectivity index (χ3n) is 2.60. The maximum absolute atomic E-state index is 11.9. The zero-order chi connectivity index (χ0) is 15.3. The molecule has 0 atom stereocenters. The lowest BCUT2D eigenvalue weighted by atomic mass is 9.99. The third kappa shape index (κ3) is 5.96. The summed E-state index contributed by atoms with van der Waals surface area (Å²) in [5.41, 5.74) is -0.100. The number of rotatable bonds is 5. The molecule has 0 saturated carbocycles. The second-order valence-electron chi connectivity index (χ2n) is 4.98. The number of carbonyl (C=O) groups excluding carboxylic acids is 1. The fourth-order valence-corrected chi connectivity index (χ4v) is 2.44. The highest BCUT2D eigenvalue weighted by Crippen LogP contribution is 2.24. The molecule has 0 bridgehead atoms. The summed E-state index contributed by atoms with van der Waals surface area (Å²) in [7, 11) is 0. The van der Waals surface area contributed by atoms with Crippen LogP contribution in [0.3, 0.4) is 0 Å². The minimum absolute atomic E-state index is 0.00241. The van der Waals surface area contributed by atoms with Crippen LogP contribution in [0.4, 0.5) is 10.5 Å². The van der Waals surface area contributed by atoms with E-state index in [0.29, 0.717) is 17.1 Å². The van der Waals surface area contributed by atoms with Gasteiger partial charge in [0.2, 0.25) is 0 Å². The Labute approximate surface area is 136 Å². The van der Waals surface area contributed by atoms with Crippen LogP contribution in [0.1, 0.15) is 26.7 Å². The van der Waals surface area contributed by atoms with Gasteiger partial charge in [0.25, 0.3) is 0 Å². The van der Waals surface area contributed by atoms with Crippen molar-refractivity contribution < 1.29 is 14.7 Å². The Kier molecular flexibility index (Phi) is 6.07. The number of halogens is 2. The van der Waals surface area contributed by atoms with E-state index in [9.17, 15) is 9.59 Å². The lowest BCUT2D eigenvalue weighted by molar-refractivity contribution is -0.137. The number of nitrogens with one attached hydrogen (secondary N) is 2. The number of carbonyl (C=O) groups is 2. The smallest absolute Gasteiger partial charge is 0.319 e. The van der Waals surface area contributed by atoms with E-state index >= 15 is 0 Å². The first kappa shape index (κ1) is 17.0. The van der Waals surface area contributed by atoms with E-state index in [1.54, 1.807) is 26.0 Å². The van der Waals surface area contributed by atoms with Gasteiger partial charge in [-0.25, -0.2) is 4.79 Å². The van der Waals surface area contributed by atoms with Gasteiger partial charge >= 0.3 is 12.0 Å². The van der Waals surface area contributed by atoms with Gasteiger partial charge < -0.3 is 15.7 Å². The van der Waals surface area contributed by atoms with Crippen molar-refractivity contribution in [2.24, 2.45) is 0 Å². The highest BCUT2D eigenvalue weighted by atomic mass is 127. The highest BCUT2D eigenvalue weighted by Gasteiger charge is 2.21. The van der Waals surface area contributed by atoms with Crippen LogP contribution in [-0.2, 0) is 4.79 Å². The van der Waals surface area contributed by atoms with Crippen molar-refractivity contribution in [3.63, 3.8) is 0 Å². The maximum atomic E-state index is 11.9. The number of aliphatic carboxylic acids is 1. The number of anilines is 1. The molecule has 0 aliphatic rings. The molecule has 1 aromatic carbocycles. The minimum Gasteiger partial charge on any atom is -0.481 e. The topological polar surface area (TPSA) is 78.4 Å². The normalized spacial score (nSPS) is 11.0. The van der Waals surface area contributed by atoms with Crippen LogP contribution in [0.2, 0.25) is 5.02 Å². The quantitative estimate of drug-likeness (QED) is 0.648. The highest BCUT2D eigenvalue weighted by molar-refractivity contribution is 14.1. The van der Waals surface area contributed by atoms with Crippen LogP contribution < -0.4 is 10.6 Å². The zero-order valence-corrected chi connectivity index (χ0v) is 14.1. The van der Waals surface area contributed by atoms with Crippen molar-refractivity contribution in [3.05, 3.63) is 26.8 Å². The molecule has 5 nitrogen and oxygen atoms in total. The van der Waals surface area contributed by atoms with Crippen molar-refractivity contribution in [3.8, 4) is 0 Å². The Morgan fingerprint density at radius 2 is 2.05 bits per heavy atom. The van der Waals surface area contributed by atoms with Gasteiger partial charge in [0, 0.05) is 15.5 Å². The first-order valence-electron chi connectivity index (χ1n) is 5.95. The standard InChI is InChI=1S/C13H16ClIN2O3/c1-13(2,6-5-11(18)19)17-12(20)16-10-4-3-8(15)7-9(10)14/h3-4,7H,5-6H2,1-2H3,(H,18,19)(H2,16,17,20). The molecule has 0 unspecified atom stereocenters. The lowest BCUT2D eigenvalue weighted by Crippen LogP contribution is -2.45. The summed E-state index contributed by atoms with van der Waals surface area (Å²) in [5.74, 6) is -0.888. The maximum Gasteiger partial charge on any atom is 0.319 e. The number of benzene rings is 1. The van der Waals surface area contributed by atoms with Crippen molar-refractivity contribution in [2.45, 2.75) is 32.2 Å². The summed E-state index contributed by atoms with van der Waals surface area (Å²) in [6.07, 6.45) is 0.341. The van der Waals surface area contributed by atoms with Gasteiger partial charge in [-0.15, -0.1) is 0 Å². The van der Waals surface area contributed by atoms with Crippen LogP contribution in [-0.4, -0.2) is 22.6 Å². The molecule has 0 fully saturated rings. The Morgan fingerprint density at radius 1 is 1.40 bits per heavy atom. The van der Waals surface area contributed by atoms with Crippen LogP contribution in [0.5, 0.6) is 0 Å². The molecule has 2 amide bonds. The molecule has 20 heavy (non-hydrogen) atoms. The van der Waals surface area contributed by atoms with Gasteiger partial charge in [-0.3, -0.25) is 4.79 Å². The molecule has 110 valence electrons. The van der Waals surface area contributed by atoms with Gasteiger partial charge in [-0.2, -0.15) is 0 Å². The van der Waals surface area contributed by atoms with E-state index in [-0.39, 0.29) is 6.42 Å². The Balaban J connectivity index is 2.60. The fourth-order valence-electron chi connectivity index (χ4n) is 1.53. The van der Waals surface area contributed by atoms with Crippen molar-refractivity contribution in [2.75, 3.05) is 5.32 Å². The first-order valence-corrected chi connectivity index (χ1v) is 7.41. The fraction of sp³-hybridized carbons (Fsp3) is 0.385. The average molecular weight is 411 g/mol.